The van der Waals surface area contributed by atoms with E-state index in [0.717, 1.165) is 0 Å². The number of esters is 1. The predicted molar refractivity (Wildman–Crippen MR) is 109 cm³/mol. The summed E-state index contributed by atoms with van der Waals surface area (Å²) in [6.07, 6.45) is 7.80. The monoisotopic (exact) mass is 356 g/mol. The largest absolute Gasteiger partial charge is 0.371 e. The molecule has 28 heavy (non-hydrogen) atoms. The highest BCUT2D eigenvalue weighted by Crippen LogP contribution is 2.20. The van der Waals surface area contributed by atoms with Crippen LogP contribution in [0.5, 0.6) is 0 Å². The molecule has 0 saturated heterocycles. The second kappa shape index (κ2) is 15.6. The van der Waals surface area contributed by atoms with E-state index in [1.165, 1.54) is 0 Å². The lowest BCUT2D eigenvalue weighted by Gasteiger charge is -2.17. The number of carbonyl (C=O) groups is 1. The second-order valence-electron chi connectivity index (χ2n) is 5.00. The molecule has 0 aromatic carbocycles. The molecule has 0 N–H and O–H groups in total. The van der Waals surface area contributed by atoms with Crippen LogP contribution in [0.3, 0.4) is 0 Å². The molecule has 0 fully saturated rings. The minimum absolute atomic E-state index is 0.392. The first-order valence-electron chi connectivity index (χ1n) is 7.71. The van der Waals surface area contributed by atoms with Crippen LogP contribution in [0.1, 0.15) is 27.2 Å². The SMILES string of the molecule is C#CC#CC#CC#CC#CC#CC#CC#CC#CC#COC(=O)C(C)(C)CC. The van der Waals surface area contributed by atoms with Gasteiger partial charge in [0, 0.05) is 59.2 Å². The van der Waals surface area contributed by atoms with Crippen molar-refractivity contribution in [2.24, 2.45) is 5.41 Å². The molecule has 0 aliphatic rings. The summed E-state index contributed by atoms with van der Waals surface area (Å²) in [6, 6.07) is 0. The van der Waals surface area contributed by atoms with Crippen LogP contribution < -0.4 is 0 Å². The lowest BCUT2D eigenvalue weighted by atomic mass is 9.91. The molecular weight excluding hydrogens is 344 g/mol. The Bertz CT molecular complexity index is 1210. The van der Waals surface area contributed by atoms with Gasteiger partial charge in [0.15, 0.2) is 0 Å². The van der Waals surface area contributed by atoms with Crippen molar-refractivity contribution in [2.45, 2.75) is 27.2 Å². The van der Waals surface area contributed by atoms with Gasteiger partial charge in [0.2, 0.25) is 0 Å². The van der Waals surface area contributed by atoms with Gasteiger partial charge in [-0.15, -0.1) is 6.42 Å². The minimum Gasteiger partial charge on any atom is -0.371 e. The van der Waals surface area contributed by atoms with E-state index in [4.69, 9.17) is 11.2 Å². The molecule has 0 saturated carbocycles. The van der Waals surface area contributed by atoms with E-state index in [9.17, 15) is 4.79 Å². The van der Waals surface area contributed by atoms with Gasteiger partial charge in [-0.1, -0.05) is 6.92 Å². The van der Waals surface area contributed by atoms with Crippen LogP contribution in [0, 0.1) is 125 Å². The lowest BCUT2D eigenvalue weighted by Crippen LogP contribution is -2.24. The molecule has 0 spiro atoms. The van der Waals surface area contributed by atoms with Gasteiger partial charge >= 0.3 is 5.97 Å². The maximum absolute atomic E-state index is 11.6. The Morgan fingerprint density at radius 3 is 1.32 bits per heavy atom. The molecule has 0 radical (unpaired) electrons. The minimum atomic E-state index is -0.568. The van der Waals surface area contributed by atoms with Crippen LogP contribution in [0.15, 0.2) is 0 Å². The van der Waals surface area contributed by atoms with E-state index < -0.39 is 11.4 Å². The summed E-state index contributed by atoms with van der Waals surface area (Å²) < 4.78 is 4.79. The quantitative estimate of drug-likeness (QED) is 0.555. The molecule has 2 heteroatoms. The average molecular weight is 356 g/mol. The van der Waals surface area contributed by atoms with E-state index in [1.54, 1.807) is 13.8 Å². The molecule has 0 aliphatic heterocycles. The summed E-state index contributed by atoms with van der Waals surface area (Å²) >= 11 is 0. The van der Waals surface area contributed by atoms with Gasteiger partial charge in [-0.3, -0.25) is 4.79 Å². The van der Waals surface area contributed by atoms with Crippen molar-refractivity contribution in [1.82, 2.24) is 0 Å². The first-order chi connectivity index (χ1) is 13.5. The average Bonchev–Trinajstić information content (AvgIpc) is 2.69. The molecule has 0 rings (SSSR count). The van der Waals surface area contributed by atoms with Crippen molar-refractivity contribution in [2.75, 3.05) is 0 Å². The van der Waals surface area contributed by atoms with Gasteiger partial charge < -0.3 is 4.74 Å². The van der Waals surface area contributed by atoms with Gasteiger partial charge in [-0.05, 0) is 67.6 Å². The summed E-state index contributed by atoms with van der Waals surface area (Å²) in [4.78, 5) is 11.6. The zero-order valence-corrected chi connectivity index (χ0v) is 15.6. The molecule has 0 unspecified atom stereocenters. The highest BCUT2D eigenvalue weighted by molar-refractivity contribution is 5.76. The lowest BCUT2D eigenvalue weighted by molar-refractivity contribution is -0.146. The standard InChI is InChI=1S/C26H12O2/c1-5-7-8-9-10-11-12-13-14-15-16-17-18-19-20-21-22-23-24-28-25(27)26(3,4)6-2/h1H,6H2,2-4H3. The Kier molecular flexibility index (Phi) is 12.8. The third kappa shape index (κ3) is 13.5. The zero-order valence-electron chi connectivity index (χ0n) is 15.6. The third-order valence-corrected chi connectivity index (χ3v) is 2.70. The van der Waals surface area contributed by atoms with Crippen LogP contribution in [0.25, 0.3) is 0 Å². The maximum atomic E-state index is 11.6. The van der Waals surface area contributed by atoms with Crippen molar-refractivity contribution in [1.29, 1.82) is 0 Å². The number of hydrogen-bond donors (Lipinski definition) is 0. The van der Waals surface area contributed by atoms with Crippen molar-refractivity contribution >= 4 is 5.97 Å². The van der Waals surface area contributed by atoms with Crippen LogP contribution in [0.2, 0.25) is 0 Å². The number of ether oxygens (including phenoxy) is 1. The van der Waals surface area contributed by atoms with Crippen LogP contribution in [0.4, 0.5) is 0 Å². The summed E-state index contributed by atoms with van der Waals surface area (Å²) in [7, 11) is 0. The number of carbonyl (C=O) groups excluding carboxylic acids is 1. The van der Waals surface area contributed by atoms with Gasteiger partial charge in [-0.25, -0.2) is 0 Å². The molecule has 0 aromatic heterocycles. The van der Waals surface area contributed by atoms with E-state index in [-0.39, 0.29) is 0 Å². The van der Waals surface area contributed by atoms with E-state index in [0.29, 0.717) is 6.42 Å². The Morgan fingerprint density at radius 1 is 0.679 bits per heavy atom. The molecule has 2 nitrogen and oxygen atoms in total. The third-order valence-electron chi connectivity index (χ3n) is 2.70. The van der Waals surface area contributed by atoms with Crippen LogP contribution in [-0.2, 0) is 9.53 Å². The first kappa shape index (κ1) is 23.1. The maximum Gasteiger partial charge on any atom is 0.325 e. The normalized spacial score (nSPS) is 6.21. The van der Waals surface area contributed by atoms with Crippen LogP contribution >= 0.6 is 0 Å². The zero-order chi connectivity index (χ0) is 20.9. The summed E-state index contributed by atoms with van der Waals surface area (Å²) in [5.74, 6) is 43.3. The predicted octanol–water partition coefficient (Wildman–Crippen LogP) is 1.59. The second-order valence-corrected chi connectivity index (χ2v) is 5.00. The number of rotatable bonds is 2. The highest BCUT2D eigenvalue weighted by Gasteiger charge is 2.26. The fourth-order valence-electron chi connectivity index (χ4n) is 0.885. The fraction of sp³-hybridized carbons (Fsp3) is 0.192. The van der Waals surface area contributed by atoms with E-state index >= 15 is 0 Å². The van der Waals surface area contributed by atoms with Gasteiger partial charge in [-0.2, -0.15) is 0 Å². The Balaban J connectivity index is 4.45. The van der Waals surface area contributed by atoms with Gasteiger partial charge in [0.05, 0.1) is 5.41 Å². The molecule has 0 amide bonds. The van der Waals surface area contributed by atoms with E-state index in [1.807, 2.05) is 6.92 Å². The summed E-state index contributed by atoms with van der Waals surface area (Å²) in [6.45, 7) is 5.46. The number of terminal acetylenes is 1. The molecular formula is C26H12O2. The van der Waals surface area contributed by atoms with Gasteiger partial charge in [0.1, 0.15) is 6.11 Å². The smallest absolute Gasteiger partial charge is 0.325 e. The molecule has 0 atom stereocenters. The van der Waals surface area contributed by atoms with Crippen LogP contribution in [-0.4, -0.2) is 5.97 Å². The first-order valence-corrected chi connectivity index (χ1v) is 7.71. The molecule has 0 aliphatic carbocycles. The molecule has 0 bridgehead atoms. The number of hydrogen-bond acceptors (Lipinski definition) is 2. The Labute approximate surface area is 167 Å². The highest BCUT2D eigenvalue weighted by atomic mass is 16.5. The van der Waals surface area contributed by atoms with Crippen molar-refractivity contribution in [3.8, 4) is 119 Å². The van der Waals surface area contributed by atoms with Crippen molar-refractivity contribution in [3.63, 3.8) is 0 Å². The van der Waals surface area contributed by atoms with Gasteiger partial charge in [0.25, 0.3) is 0 Å². The Hall–Kier alpha value is -4.93. The van der Waals surface area contributed by atoms with Crippen molar-refractivity contribution in [3.05, 3.63) is 0 Å². The molecule has 0 aromatic rings. The van der Waals surface area contributed by atoms with E-state index in [2.05, 4.69) is 113 Å². The topological polar surface area (TPSA) is 26.3 Å². The summed E-state index contributed by atoms with van der Waals surface area (Å²) in [5, 5.41) is 0. The molecule has 0 heterocycles. The summed E-state index contributed by atoms with van der Waals surface area (Å²) in [5.41, 5.74) is -0.568. The van der Waals surface area contributed by atoms with Crippen molar-refractivity contribution < 1.29 is 9.53 Å². The Morgan fingerprint density at radius 2 is 1.00 bits per heavy atom. The fourth-order valence-corrected chi connectivity index (χ4v) is 0.885. The molecule has 128 valence electrons.